The molecule has 2 rings (SSSR count). The van der Waals surface area contributed by atoms with Crippen LogP contribution >= 0.6 is 31.9 Å². The molecule has 0 aromatic heterocycles. The number of phenolic OH excluding ortho intramolecular Hbond substituents is 1. The number of benzene rings is 2. The van der Waals surface area contributed by atoms with Crippen LogP contribution in [-0.2, 0) is 9.59 Å². The number of amides is 2. The molecule has 2 aromatic rings. The number of aromatic hydroxyl groups is 1. The predicted octanol–water partition coefficient (Wildman–Crippen LogP) is 3.26. The van der Waals surface area contributed by atoms with E-state index in [4.69, 9.17) is 9.84 Å². The van der Waals surface area contributed by atoms with Crippen molar-refractivity contribution in [1.29, 1.82) is 0 Å². The van der Waals surface area contributed by atoms with E-state index in [0.717, 1.165) is 0 Å². The van der Waals surface area contributed by atoms with Crippen LogP contribution in [0.4, 0.5) is 11.4 Å². The topological polar surface area (TPSA) is 128 Å². The average molecular weight is 562 g/mol. The highest BCUT2D eigenvalue weighted by Gasteiger charge is 2.29. The van der Waals surface area contributed by atoms with Crippen molar-refractivity contribution in [3.63, 3.8) is 0 Å². The van der Waals surface area contributed by atoms with E-state index in [0.29, 0.717) is 17.1 Å². The van der Waals surface area contributed by atoms with Crippen molar-refractivity contribution < 1.29 is 29.6 Å². The number of rotatable bonds is 7. The Morgan fingerprint density at radius 1 is 0.839 bits per heavy atom. The van der Waals surface area contributed by atoms with E-state index in [1.807, 2.05) is 0 Å². The van der Waals surface area contributed by atoms with E-state index >= 15 is 0 Å². The highest BCUT2D eigenvalue weighted by molar-refractivity contribution is 9.09. The maximum atomic E-state index is 11.6. The van der Waals surface area contributed by atoms with Gasteiger partial charge in [-0.05, 0) is 62.4 Å². The standard InChI is InChI=1S/C11H14BrNO3.C10H12BrNO3/c1-11(15,7-12)10(14)13-8-3-5-9(16-2)6-4-8;1-10(15,6-11)9(14)12-7-2-4-8(13)5-3-7/h3-6,15H,7H2,1-2H3,(H,13,14);2-5,13,15H,6H2,1H3,(H,12,14)/t11-;10-/m00/s1. The van der Waals surface area contributed by atoms with Crippen molar-refractivity contribution in [3.05, 3.63) is 48.5 Å². The van der Waals surface area contributed by atoms with Gasteiger partial charge in [-0.25, -0.2) is 0 Å². The van der Waals surface area contributed by atoms with Gasteiger partial charge in [-0.2, -0.15) is 0 Å². The second-order valence-corrected chi connectivity index (χ2v) is 8.12. The summed E-state index contributed by atoms with van der Waals surface area (Å²) in [4.78, 5) is 23.1. The highest BCUT2D eigenvalue weighted by atomic mass is 79.9. The first-order chi connectivity index (χ1) is 14.4. The lowest BCUT2D eigenvalue weighted by Crippen LogP contribution is -2.41. The molecular formula is C21H26Br2N2O6. The summed E-state index contributed by atoms with van der Waals surface area (Å²) in [5.41, 5.74) is -1.72. The molecule has 0 bridgehead atoms. The largest absolute Gasteiger partial charge is 0.508 e. The van der Waals surface area contributed by atoms with E-state index in [-0.39, 0.29) is 16.4 Å². The molecule has 0 heterocycles. The summed E-state index contributed by atoms with van der Waals surface area (Å²) in [5.74, 6) is -0.106. The van der Waals surface area contributed by atoms with Gasteiger partial charge in [0.05, 0.1) is 7.11 Å². The number of hydrogen-bond donors (Lipinski definition) is 5. The molecule has 5 N–H and O–H groups in total. The van der Waals surface area contributed by atoms with Crippen LogP contribution in [0.3, 0.4) is 0 Å². The lowest BCUT2D eigenvalue weighted by molar-refractivity contribution is -0.130. The van der Waals surface area contributed by atoms with Gasteiger partial charge in [0.1, 0.15) is 22.7 Å². The van der Waals surface area contributed by atoms with E-state index in [1.165, 1.54) is 26.0 Å². The maximum absolute atomic E-state index is 11.6. The lowest BCUT2D eigenvalue weighted by Gasteiger charge is -2.19. The molecule has 10 heteroatoms. The molecule has 170 valence electrons. The number of carbonyl (C=O) groups excluding carboxylic acids is 2. The normalized spacial score (nSPS) is 14.2. The first kappa shape index (κ1) is 26.9. The number of hydrogen-bond acceptors (Lipinski definition) is 6. The second-order valence-electron chi connectivity index (χ2n) is 7.00. The Bertz CT molecular complexity index is 855. The zero-order valence-electron chi connectivity index (χ0n) is 17.4. The number of halogens is 2. The fourth-order valence-corrected chi connectivity index (χ4v) is 2.38. The Morgan fingerprint density at radius 2 is 1.19 bits per heavy atom. The molecule has 2 aromatic carbocycles. The van der Waals surface area contributed by atoms with Crippen molar-refractivity contribution in [1.82, 2.24) is 0 Å². The molecule has 0 saturated carbocycles. The fourth-order valence-electron chi connectivity index (χ4n) is 1.87. The Hall–Kier alpha value is -2.14. The van der Waals surface area contributed by atoms with Gasteiger partial charge >= 0.3 is 0 Å². The Labute approximate surface area is 197 Å². The molecule has 31 heavy (non-hydrogen) atoms. The molecule has 2 atom stereocenters. The molecular weight excluding hydrogens is 536 g/mol. The van der Waals surface area contributed by atoms with Gasteiger partial charge in [0, 0.05) is 22.0 Å². The Balaban J connectivity index is 0.000000311. The number of alkyl halides is 2. The maximum Gasteiger partial charge on any atom is 0.256 e. The first-order valence-corrected chi connectivity index (χ1v) is 11.3. The van der Waals surface area contributed by atoms with E-state index in [2.05, 4.69) is 42.5 Å². The van der Waals surface area contributed by atoms with Crippen molar-refractivity contribution in [2.24, 2.45) is 0 Å². The Morgan fingerprint density at radius 3 is 1.52 bits per heavy atom. The third-order valence-electron chi connectivity index (χ3n) is 3.97. The monoisotopic (exact) mass is 560 g/mol. The van der Waals surface area contributed by atoms with Crippen molar-refractivity contribution in [3.8, 4) is 11.5 Å². The van der Waals surface area contributed by atoms with E-state index < -0.39 is 23.0 Å². The van der Waals surface area contributed by atoms with E-state index in [1.54, 1.807) is 43.5 Å². The third-order valence-corrected chi connectivity index (χ3v) is 6.16. The minimum absolute atomic E-state index is 0.125. The summed E-state index contributed by atoms with van der Waals surface area (Å²) in [6.07, 6.45) is 0. The summed E-state index contributed by atoms with van der Waals surface area (Å²) in [5, 5.41) is 33.8. The van der Waals surface area contributed by atoms with Crippen LogP contribution in [0.2, 0.25) is 0 Å². The van der Waals surface area contributed by atoms with Gasteiger partial charge in [0.25, 0.3) is 11.8 Å². The molecule has 0 aliphatic rings. The van der Waals surface area contributed by atoms with Crippen molar-refractivity contribution in [2.75, 3.05) is 28.4 Å². The zero-order valence-corrected chi connectivity index (χ0v) is 20.5. The lowest BCUT2D eigenvalue weighted by atomic mass is 10.1. The molecule has 8 nitrogen and oxygen atoms in total. The molecule has 0 aliphatic carbocycles. The van der Waals surface area contributed by atoms with Gasteiger partial charge < -0.3 is 30.7 Å². The van der Waals surface area contributed by atoms with Crippen LogP contribution in [-0.4, -0.2) is 56.1 Å². The molecule has 0 spiro atoms. The minimum atomic E-state index is -1.45. The fraction of sp³-hybridized carbons (Fsp3) is 0.333. The number of ether oxygens (including phenoxy) is 1. The van der Waals surface area contributed by atoms with Crippen LogP contribution in [0.5, 0.6) is 11.5 Å². The molecule has 0 saturated heterocycles. The second kappa shape index (κ2) is 12.0. The smallest absolute Gasteiger partial charge is 0.256 e. The molecule has 0 fully saturated rings. The number of methoxy groups -OCH3 is 1. The number of phenols is 1. The van der Waals surface area contributed by atoms with E-state index in [9.17, 15) is 19.8 Å². The molecule has 0 radical (unpaired) electrons. The van der Waals surface area contributed by atoms with Crippen LogP contribution in [0.15, 0.2) is 48.5 Å². The molecule has 0 unspecified atom stereocenters. The number of aliphatic hydroxyl groups is 2. The predicted molar refractivity (Wildman–Crippen MR) is 127 cm³/mol. The van der Waals surface area contributed by atoms with Crippen molar-refractivity contribution in [2.45, 2.75) is 25.0 Å². The van der Waals surface area contributed by atoms with Gasteiger partial charge in [0.2, 0.25) is 0 Å². The summed E-state index contributed by atoms with van der Waals surface area (Å²) in [6.45, 7) is 2.86. The number of carbonyl (C=O) groups is 2. The zero-order chi connectivity index (χ0) is 23.7. The summed E-state index contributed by atoms with van der Waals surface area (Å²) in [7, 11) is 1.57. The minimum Gasteiger partial charge on any atom is -0.508 e. The van der Waals surface area contributed by atoms with Crippen LogP contribution in [0, 0.1) is 0 Å². The molecule has 0 aliphatic heterocycles. The number of anilines is 2. The van der Waals surface area contributed by atoms with Gasteiger partial charge in [-0.3, -0.25) is 9.59 Å². The average Bonchev–Trinajstić information content (AvgIpc) is 2.76. The van der Waals surface area contributed by atoms with Crippen LogP contribution < -0.4 is 15.4 Å². The van der Waals surface area contributed by atoms with Crippen LogP contribution in [0.1, 0.15) is 13.8 Å². The first-order valence-electron chi connectivity index (χ1n) is 9.08. The Kier molecular flexibility index (Phi) is 10.4. The molecule has 2 amide bonds. The SMILES string of the molecule is COc1ccc(NC(=O)[C@@](C)(O)CBr)cc1.C[C@](O)(CBr)C(=O)Nc1ccc(O)cc1. The quantitative estimate of drug-likeness (QED) is 0.261. The highest BCUT2D eigenvalue weighted by Crippen LogP contribution is 2.18. The summed E-state index contributed by atoms with van der Waals surface area (Å²) < 4.78 is 4.99. The van der Waals surface area contributed by atoms with Gasteiger partial charge in [-0.1, -0.05) is 31.9 Å². The summed E-state index contributed by atoms with van der Waals surface area (Å²) in [6, 6.07) is 12.9. The summed E-state index contributed by atoms with van der Waals surface area (Å²) >= 11 is 6.12. The third kappa shape index (κ3) is 8.86. The van der Waals surface area contributed by atoms with Crippen molar-refractivity contribution >= 4 is 55.0 Å². The number of nitrogens with one attached hydrogen (secondary N) is 2. The van der Waals surface area contributed by atoms with Crippen LogP contribution in [0.25, 0.3) is 0 Å². The van der Waals surface area contributed by atoms with Gasteiger partial charge in [0.15, 0.2) is 0 Å². The van der Waals surface area contributed by atoms with Gasteiger partial charge in [-0.15, -0.1) is 0 Å².